The van der Waals surface area contributed by atoms with Gasteiger partial charge in [0.25, 0.3) is 10.0 Å². The molecule has 0 atom stereocenters. The monoisotopic (exact) mass is 379 g/mol. The summed E-state index contributed by atoms with van der Waals surface area (Å²) in [5.41, 5.74) is -0.973. The highest BCUT2D eigenvalue weighted by Crippen LogP contribution is 2.30. The van der Waals surface area contributed by atoms with Gasteiger partial charge in [-0.1, -0.05) is 0 Å². The fourth-order valence-electron chi connectivity index (χ4n) is 1.77. The summed E-state index contributed by atoms with van der Waals surface area (Å²) >= 11 is 0.956. The number of anilines is 1. The highest BCUT2D eigenvalue weighted by molar-refractivity contribution is 7.92. The van der Waals surface area contributed by atoms with Crippen LogP contribution in [-0.2, 0) is 16.2 Å². The predicted molar refractivity (Wildman–Crippen MR) is 82.4 cm³/mol. The normalized spacial score (nSPS) is 12.0. The first-order valence-electron chi connectivity index (χ1n) is 6.43. The molecule has 2 aromatic rings. The van der Waals surface area contributed by atoms with Crippen molar-refractivity contribution in [2.24, 2.45) is 0 Å². The van der Waals surface area contributed by atoms with Gasteiger partial charge in [0.2, 0.25) is 0 Å². The second-order valence-corrected chi connectivity index (χ2v) is 8.00. The number of thiophene rings is 1. The lowest BCUT2D eigenvalue weighted by atomic mass is 10.2. The van der Waals surface area contributed by atoms with Crippen LogP contribution in [0.5, 0.6) is 0 Å². The number of pyridine rings is 1. The van der Waals surface area contributed by atoms with Crippen molar-refractivity contribution in [2.45, 2.75) is 24.2 Å². The Labute approximate surface area is 139 Å². The first-order chi connectivity index (χ1) is 11.0. The summed E-state index contributed by atoms with van der Waals surface area (Å²) in [4.78, 5) is 16.2. The lowest BCUT2D eigenvalue weighted by Gasteiger charge is -2.11. The number of hydrogen-bond acceptors (Lipinski definition) is 5. The Hall–Kier alpha value is -2.14. The summed E-state index contributed by atoms with van der Waals surface area (Å²) < 4.78 is 63.8. The van der Waals surface area contributed by atoms with Gasteiger partial charge in [0, 0.05) is 10.6 Å². The molecule has 0 aromatic carbocycles. The summed E-state index contributed by atoms with van der Waals surface area (Å²) in [5.74, 6) is -0.405. The zero-order valence-electron chi connectivity index (χ0n) is 12.4. The largest absolute Gasteiger partial charge is 0.416 e. The average Bonchev–Trinajstić information content (AvgIpc) is 2.83. The van der Waals surface area contributed by atoms with E-state index in [1.54, 1.807) is 17.7 Å². The van der Waals surface area contributed by atoms with Gasteiger partial charge in [0.1, 0.15) is 10.0 Å². The van der Waals surface area contributed by atoms with E-state index >= 15 is 0 Å². The maximum Gasteiger partial charge on any atom is 0.416 e. The molecule has 2 aromatic heterocycles. The van der Waals surface area contributed by atoms with E-state index in [1.807, 2.05) is 5.32 Å². The minimum atomic E-state index is -4.61. The molecule has 0 aliphatic heterocycles. The summed E-state index contributed by atoms with van der Waals surface area (Å²) in [7, 11) is -4.10. The molecule has 0 unspecified atom stereocenters. The lowest BCUT2D eigenvalue weighted by Crippen LogP contribution is -2.34. The molecule has 24 heavy (non-hydrogen) atoms. The van der Waals surface area contributed by atoms with E-state index in [-0.39, 0.29) is 9.90 Å². The number of halogens is 3. The highest BCUT2D eigenvalue weighted by atomic mass is 32.2. The van der Waals surface area contributed by atoms with E-state index in [9.17, 15) is 26.4 Å². The fraction of sp³-hybridized carbons (Fsp3) is 0.231. The number of sulfonamides is 1. The van der Waals surface area contributed by atoms with Crippen LogP contribution in [0.4, 0.5) is 23.8 Å². The molecule has 0 bridgehead atoms. The summed E-state index contributed by atoms with van der Waals surface area (Å²) in [6.07, 6.45) is -4.61. The number of rotatable bonds is 3. The van der Waals surface area contributed by atoms with Crippen molar-refractivity contribution in [3.05, 3.63) is 40.4 Å². The minimum Gasteiger partial charge on any atom is -0.292 e. The van der Waals surface area contributed by atoms with Crippen LogP contribution >= 0.6 is 11.3 Å². The second kappa shape index (κ2) is 6.40. The molecule has 2 heterocycles. The maximum absolute atomic E-state index is 12.7. The van der Waals surface area contributed by atoms with E-state index in [1.165, 1.54) is 13.0 Å². The topological polar surface area (TPSA) is 88.2 Å². The molecular weight excluding hydrogens is 367 g/mol. The number of hydrogen-bond donors (Lipinski definition) is 2. The number of nitrogens with zero attached hydrogens (tertiary/aromatic N) is 1. The number of aryl methyl sites for hydroxylation is 2. The molecule has 130 valence electrons. The van der Waals surface area contributed by atoms with Crippen LogP contribution in [0.1, 0.15) is 16.1 Å². The van der Waals surface area contributed by atoms with Gasteiger partial charge >= 0.3 is 12.2 Å². The SMILES string of the molecule is Cc1cc(C(F)(F)F)cc(NC(=O)NS(=O)(=O)c2ccc(C)s2)n1. The highest BCUT2D eigenvalue weighted by Gasteiger charge is 2.31. The lowest BCUT2D eigenvalue weighted by molar-refractivity contribution is -0.137. The number of amides is 2. The molecule has 2 rings (SSSR count). The Morgan fingerprint density at radius 2 is 1.88 bits per heavy atom. The van der Waals surface area contributed by atoms with E-state index in [2.05, 4.69) is 4.98 Å². The molecule has 0 spiro atoms. The molecule has 0 aliphatic carbocycles. The molecule has 0 saturated carbocycles. The molecule has 0 saturated heterocycles. The van der Waals surface area contributed by atoms with E-state index in [4.69, 9.17) is 0 Å². The first-order valence-corrected chi connectivity index (χ1v) is 8.73. The Kier molecular flexibility index (Phi) is 4.85. The standard InChI is InChI=1S/C13H12F3N3O3S2/c1-7-5-9(13(14,15)16)6-10(17-7)18-12(20)19-24(21,22)11-4-3-8(2)23-11/h3-6H,1-2H3,(H2,17,18,19,20). The van der Waals surface area contributed by atoms with Crippen molar-refractivity contribution in [3.8, 4) is 0 Å². The van der Waals surface area contributed by atoms with Crippen LogP contribution in [0.15, 0.2) is 28.5 Å². The van der Waals surface area contributed by atoms with Gasteiger partial charge in [0.05, 0.1) is 5.56 Å². The average molecular weight is 379 g/mol. The molecule has 11 heteroatoms. The van der Waals surface area contributed by atoms with Crippen molar-refractivity contribution in [2.75, 3.05) is 5.32 Å². The first kappa shape index (κ1) is 18.2. The van der Waals surface area contributed by atoms with Gasteiger partial charge in [-0.2, -0.15) is 13.2 Å². The zero-order valence-corrected chi connectivity index (χ0v) is 14.1. The molecule has 2 amide bonds. The van der Waals surface area contributed by atoms with Gasteiger partial charge in [-0.15, -0.1) is 11.3 Å². The van der Waals surface area contributed by atoms with E-state index in [0.717, 1.165) is 22.3 Å². The van der Waals surface area contributed by atoms with Gasteiger partial charge in [-0.3, -0.25) is 5.32 Å². The van der Waals surface area contributed by atoms with Gasteiger partial charge in [-0.25, -0.2) is 22.9 Å². The molecular formula is C13H12F3N3O3S2. The number of nitrogens with one attached hydrogen (secondary N) is 2. The third-order valence-corrected chi connectivity index (χ3v) is 5.55. The number of carbonyl (C=O) groups is 1. The second-order valence-electron chi connectivity index (χ2n) is 4.80. The Bertz CT molecular complexity index is 876. The summed E-state index contributed by atoms with van der Waals surface area (Å²) in [6, 6.07) is 3.12. The van der Waals surface area contributed by atoms with E-state index in [0.29, 0.717) is 6.07 Å². The van der Waals surface area contributed by atoms with Crippen LogP contribution in [-0.4, -0.2) is 19.4 Å². The van der Waals surface area contributed by atoms with Gasteiger partial charge < -0.3 is 0 Å². The van der Waals surface area contributed by atoms with Crippen LogP contribution in [0, 0.1) is 13.8 Å². The number of urea groups is 1. The molecule has 2 N–H and O–H groups in total. The van der Waals surface area contributed by atoms with Crippen molar-refractivity contribution in [1.82, 2.24) is 9.71 Å². The summed E-state index contributed by atoms with van der Waals surface area (Å²) in [5, 5.41) is 1.99. The van der Waals surface area contributed by atoms with Crippen molar-refractivity contribution >= 4 is 33.2 Å². The summed E-state index contributed by atoms with van der Waals surface area (Å²) in [6.45, 7) is 3.02. The number of alkyl halides is 3. The van der Waals surface area contributed by atoms with Gasteiger partial charge in [0.15, 0.2) is 0 Å². The van der Waals surface area contributed by atoms with Crippen LogP contribution < -0.4 is 10.0 Å². The Morgan fingerprint density at radius 3 is 2.42 bits per heavy atom. The maximum atomic E-state index is 12.7. The number of aromatic nitrogens is 1. The Balaban J connectivity index is 2.17. The van der Waals surface area contributed by atoms with Crippen molar-refractivity contribution in [1.29, 1.82) is 0 Å². The zero-order chi connectivity index (χ0) is 18.1. The third-order valence-electron chi connectivity index (χ3n) is 2.73. The van der Waals surface area contributed by atoms with Crippen LogP contribution in [0.3, 0.4) is 0 Å². The van der Waals surface area contributed by atoms with Crippen LogP contribution in [0.25, 0.3) is 0 Å². The Morgan fingerprint density at radius 1 is 1.21 bits per heavy atom. The van der Waals surface area contributed by atoms with E-state index < -0.39 is 33.6 Å². The smallest absolute Gasteiger partial charge is 0.292 e. The molecule has 0 radical (unpaired) electrons. The molecule has 0 aliphatic rings. The van der Waals surface area contributed by atoms with Crippen molar-refractivity contribution in [3.63, 3.8) is 0 Å². The molecule has 6 nitrogen and oxygen atoms in total. The predicted octanol–water partition coefficient (Wildman–Crippen LogP) is 3.29. The van der Waals surface area contributed by atoms with Crippen LogP contribution in [0.2, 0.25) is 0 Å². The minimum absolute atomic E-state index is 0.0249. The van der Waals surface area contributed by atoms with Gasteiger partial charge in [-0.05, 0) is 38.1 Å². The van der Waals surface area contributed by atoms with Crippen molar-refractivity contribution < 1.29 is 26.4 Å². The quantitative estimate of drug-likeness (QED) is 0.857. The molecule has 0 fully saturated rings. The third kappa shape index (κ3) is 4.45. The fourth-order valence-corrected chi connectivity index (χ4v) is 3.96. The number of carbonyl (C=O) groups excluding carboxylic acids is 1.